The number of halogens is 1. The molecule has 0 aromatic heterocycles. The monoisotopic (exact) mass is 476 g/mol. The van der Waals surface area contributed by atoms with E-state index in [1.165, 1.54) is 12.1 Å². The van der Waals surface area contributed by atoms with Crippen LogP contribution < -0.4 is 5.32 Å². The molecule has 0 saturated carbocycles. The third-order valence-electron chi connectivity index (χ3n) is 5.67. The molecule has 1 aliphatic rings. The number of nitrogens with one attached hydrogen (secondary N) is 1. The van der Waals surface area contributed by atoms with Crippen LogP contribution in [-0.2, 0) is 15.1 Å². The molecular formula is C26H21ClN2O5. The van der Waals surface area contributed by atoms with Gasteiger partial charge >= 0.3 is 5.97 Å². The molecule has 0 amide bonds. The number of ether oxygens (including phenoxy) is 1. The lowest BCUT2D eigenvalue weighted by molar-refractivity contribution is -0.384. The van der Waals surface area contributed by atoms with Gasteiger partial charge in [-0.25, -0.2) is 4.79 Å². The Labute approximate surface area is 201 Å². The number of Topliss-reactive ketones (excluding diaryl/α,β-unsaturated/α-hetero) is 1. The summed E-state index contributed by atoms with van der Waals surface area (Å²) in [4.78, 5) is 37.5. The van der Waals surface area contributed by atoms with Gasteiger partial charge in [0, 0.05) is 28.3 Å². The maximum Gasteiger partial charge on any atom is 0.335 e. The van der Waals surface area contributed by atoms with E-state index in [1.807, 2.05) is 0 Å². The van der Waals surface area contributed by atoms with E-state index in [1.54, 1.807) is 79.7 Å². The van der Waals surface area contributed by atoms with E-state index < -0.39 is 22.5 Å². The van der Waals surface area contributed by atoms with Crippen molar-refractivity contribution in [2.24, 2.45) is 0 Å². The molecule has 0 fully saturated rings. The highest BCUT2D eigenvalue weighted by Crippen LogP contribution is 2.41. The maximum absolute atomic E-state index is 13.6. The molecular weight excluding hydrogens is 456 g/mol. The van der Waals surface area contributed by atoms with E-state index in [2.05, 4.69) is 5.32 Å². The highest BCUT2D eigenvalue weighted by molar-refractivity contribution is 6.30. The zero-order valence-electron chi connectivity index (χ0n) is 18.2. The number of hydrogen-bond acceptors (Lipinski definition) is 6. The maximum atomic E-state index is 13.6. The van der Waals surface area contributed by atoms with E-state index in [0.717, 1.165) is 0 Å². The van der Waals surface area contributed by atoms with E-state index in [0.29, 0.717) is 27.3 Å². The highest BCUT2D eigenvalue weighted by Gasteiger charge is 2.49. The van der Waals surface area contributed by atoms with E-state index in [9.17, 15) is 19.7 Å². The van der Waals surface area contributed by atoms with E-state index in [-0.39, 0.29) is 18.1 Å². The molecule has 1 aliphatic heterocycles. The van der Waals surface area contributed by atoms with Gasteiger partial charge in [0.2, 0.25) is 0 Å². The molecule has 7 nitrogen and oxygen atoms in total. The highest BCUT2D eigenvalue weighted by atomic mass is 35.5. The number of non-ortho nitro benzene ring substituents is 1. The van der Waals surface area contributed by atoms with Gasteiger partial charge in [-0.15, -0.1) is 0 Å². The Balaban J connectivity index is 1.89. The van der Waals surface area contributed by atoms with Crippen molar-refractivity contribution in [3.8, 4) is 0 Å². The molecule has 0 spiro atoms. The van der Waals surface area contributed by atoms with Gasteiger partial charge in [0.25, 0.3) is 5.69 Å². The average Bonchev–Trinajstić information content (AvgIpc) is 3.26. The van der Waals surface area contributed by atoms with E-state index >= 15 is 0 Å². The molecule has 0 aliphatic carbocycles. The van der Waals surface area contributed by atoms with Crippen LogP contribution >= 0.6 is 11.6 Å². The van der Waals surface area contributed by atoms with Crippen LogP contribution in [0.15, 0.2) is 90.5 Å². The normalized spacial score (nSPS) is 19.4. The van der Waals surface area contributed by atoms with E-state index in [4.69, 9.17) is 16.3 Å². The first-order valence-electron chi connectivity index (χ1n) is 10.6. The topological polar surface area (TPSA) is 98.5 Å². The second kappa shape index (κ2) is 9.59. The molecule has 0 radical (unpaired) electrons. The molecule has 8 heteroatoms. The third-order valence-corrected chi connectivity index (χ3v) is 5.90. The van der Waals surface area contributed by atoms with Crippen molar-refractivity contribution in [3.05, 3.63) is 122 Å². The van der Waals surface area contributed by atoms with Crippen molar-refractivity contribution < 1.29 is 19.2 Å². The van der Waals surface area contributed by atoms with Crippen LogP contribution in [0.25, 0.3) is 0 Å². The summed E-state index contributed by atoms with van der Waals surface area (Å²) in [7, 11) is 0. The summed E-state index contributed by atoms with van der Waals surface area (Å²) in [6.45, 7) is 1.84. The molecule has 0 unspecified atom stereocenters. The van der Waals surface area contributed by atoms with Gasteiger partial charge in [-0.3, -0.25) is 20.2 Å². The van der Waals surface area contributed by atoms with Crippen molar-refractivity contribution in [1.82, 2.24) is 5.32 Å². The number of esters is 1. The predicted molar refractivity (Wildman–Crippen MR) is 128 cm³/mol. The van der Waals surface area contributed by atoms with Gasteiger partial charge in [-0.2, -0.15) is 0 Å². The third kappa shape index (κ3) is 4.35. The summed E-state index contributed by atoms with van der Waals surface area (Å²) in [6.07, 6.45) is 1.58. The largest absolute Gasteiger partial charge is 0.464 e. The molecule has 1 heterocycles. The Morgan fingerprint density at radius 2 is 1.76 bits per heavy atom. The summed E-state index contributed by atoms with van der Waals surface area (Å²) >= 11 is 6.23. The summed E-state index contributed by atoms with van der Waals surface area (Å²) < 4.78 is 5.40. The minimum atomic E-state index is -1.48. The second-order valence-corrected chi connectivity index (χ2v) is 8.20. The zero-order chi connectivity index (χ0) is 24.3. The average molecular weight is 477 g/mol. The first kappa shape index (κ1) is 23.4. The first-order valence-corrected chi connectivity index (χ1v) is 11.0. The number of hydrogen-bond donors (Lipinski definition) is 1. The quantitative estimate of drug-likeness (QED) is 0.219. The van der Waals surface area contributed by atoms with Crippen molar-refractivity contribution in [1.29, 1.82) is 0 Å². The standard InChI is InChI=1S/C26H21ClN2O5/c1-2-34-25(31)26(19-9-6-10-20(27)15-19)16-22(24(30)18-7-4-3-5-8-18)23(28-26)17-11-13-21(14-12-17)29(32)33/h3-16,23,28H,2H2,1H3/t23-,26-/m0/s1. The fraction of sp³-hybridized carbons (Fsp3) is 0.154. The first-order chi connectivity index (χ1) is 16.4. The Bertz CT molecular complexity index is 1270. The Kier molecular flexibility index (Phi) is 6.58. The van der Waals surface area contributed by atoms with Gasteiger partial charge < -0.3 is 4.74 Å². The predicted octanol–water partition coefficient (Wildman–Crippen LogP) is 5.16. The summed E-state index contributed by atoms with van der Waals surface area (Å²) in [6, 6.07) is 20.6. The number of nitro groups is 1. The molecule has 172 valence electrons. The van der Waals surface area contributed by atoms with Gasteiger partial charge in [0.05, 0.1) is 17.6 Å². The lowest BCUT2D eigenvalue weighted by atomic mass is 9.89. The fourth-order valence-electron chi connectivity index (χ4n) is 4.05. The Morgan fingerprint density at radius 1 is 1.06 bits per heavy atom. The second-order valence-electron chi connectivity index (χ2n) is 7.76. The van der Waals surface area contributed by atoms with Crippen molar-refractivity contribution in [2.45, 2.75) is 18.5 Å². The molecule has 3 aromatic rings. The summed E-state index contributed by atoms with van der Waals surface area (Å²) in [5.41, 5.74) is 0.331. The molecule has 0 bridgehead atoms. The lowest BCUT2D eigenvalue weighted by Gasteiger charge is -2.28. The number of carbonyl (C=O) groups is 2. The number of rotatable bonds is 7. The van der Waals surface area contributed by atoms with Crippen molar-refractivity contribution in [2.75, 3.05) is 6.61 Å². The molecule has 2 atom stereocenters. The molecule has 3 aromatic carbocycles. The van der Waals surface area contributed by atoms with Gasteiger partial charge in [-0.1, -0.05) is 66.2 Å². The summed E-state index contributed by atoms with van der Waals surface area (Å²) in [5, 5.41) is 14.8. The van der Waals surface area contributed by atoms with Gasteiger partial charge in [-0.05, 0) is 36.3 Å². The Morgan fingerprint density at radius 3 is 2.38 bits per heavy atom. The number of nitrogens with zero attached hydrogens (tertiary/aromatic N) is 1. The lowest BCUT2D eigenvalue weighted by Crippen LogP contribution is -2.46. The van der Waals surface area contributed by atoms with Crippen molar-refractivity contribution >= 4 is 29.0 Å². The number of carbonyl (C=O) groups excluding carboxylic acids is 2. The molecule has 34 heavy (non-hydrogen) atoms. The molecule has 0 saturated heterocycles. The zero-order valence-corrected chi connectivity index (χ0v) is 19.0. The van der Waals surface area contributed by atoms with Gasteiger partial charge in [0.1, 0.15) is 0 Å². The number of ketones is 1. The van der Waals surface area contributed by atoms with Crippen LogP contribution in [0.2, 0.25) is 5.02 Å². The van der Waals surface area contributed by atoms with Crippen LogP contribution in [0.1, 0.15) is 34.5 Å². The van der Waals surface area contributed by atoms with Crippen LogP contribution in [-0.4, -0.2) is 23.3 Å². The molecule has 4 rings (SSSR count). The fourth-order valence-corrected chi connectivity index (χ4v) is 4.24. The van der Waals surface area contributed by atoms with Crippen LogP contribution in [0.3, 0.4) is 0 Å². The minimum absolute atomic E-state index is 0.0758. The Hall–Kier alpha value is -3.81. The van der Waals surface area contributed by atoms with Crippen molar-refractivity contribution in [3.63, 3.8) is 0 Å². The number of nitro benzene ring substituents is 1. The van der Waals surface area contributed by atoms with Crippen LogP contribution in [0, 0.1) is 10.1 Å². The molecule has 1 N–H and O–H groups in total. The van der Waals surface area contributed by atoms with Crippen LogP contribution in [0.5, 0.6) is 0 Å². The smallest absolute Gasteiger partial charge is 0.335 e. The minimum Gasteiger partial charge on any atom is -0.464 e. The van der Waals surface area contributed by atoms with Crippen LogP contribution in [0.4, 0.5) is 5.69 Å². The SMILES string of the molecule is CCOC(=O)[C@@]1(c2cccc(Cl)c2)C=C(C(=O)c2ccccc2)[C@H](c2ccc([N+](=O)[O-])cc2)N1. The van der Waals surface area contributed by atoms with Gasteiger partial charge in [0.15, 0.2) is 11.3 Å². The number of benzene rings is 3. The summed E-state index contributed by atoms with van der Waals surface area (Å²) in [5.74, 6) is -0.857.